The number of aliphatic hydroxyl groups excluding tert-OH is 1. The van der Waals surface area contributed by atoms with E-state index in [4.69, 9.17) is 9.05 Å². The van der Waals surface area contributed by atoms with Crippen LogP contribution in [0.25, 0.3) is 0 Å². The van der Waals surface area contributed by atoms with Crippen LogP contribution in [-0.4, -0.2) is 73.4 Å². The maximum absolute atomic E-state index is 13.1. The molecule has 0 aromatic heterocycles. The molecule has 0 spiro atoms. The summed E-state index contributed by atoms with van der Waals surface area (Å²) in [6, 6.07) is -0.758. The van der Waals surface area contributed by atoms with E-state index in [1.54, 1.807) is 0 Å². The van der Waals surface area contributed by atoms with Crippen LogP contribution in [0.5, 0.6) is 0 Å². The summed E-state index contributed by atoms with van der Waals surface area (Å²) >= 11 is 0. The number of allylic oxidation sites excluding steroid dienone is 4. The van der Waals surface area contributed by atoms with E-state index < -0.39 is 20.0 Å². The Hall–Kier alpha value is -1.02. The number of carbonyl (C=O) groups excluding carboxylic acids is 1. The number of amides is 1. The maximum atomic E-state index is 13.1. The van der Waals surface area contributed by atoms with Crippen LogP contribution < -0.4 is 5.32 Å². The normalized spacial score (nSPS) is 13.7. The molecule has 0 radical (unpaired) electrons. The van der Waals surface area contributed by atoms with Gasteiger partial charge in [-0.15, -0.1) is 0 Å². The number of nitrogens with zero attached hydrogens (tertiary/aromatic N) is 1. The van der Waals surface area contributed by atoms with Crippen molar-refractivity contribution in [1.82, 2.24) is 5.32 Å². The minimum Gasteiger partial charge on any atom is -0.391 e. The molecular formula is C71H142N2O6P+. The van der Waals surface area contributed by atoms with Gasteiger partial charge in [-0.3, -0.25) is 13.8 Å². The first-order valence-corrected chi connectivity index (χ1v) is 37.2. The number of quaternary nitrogens is 1. The van der Waals surface area contributed by atoms with E-state index in [0.717, 1.165) is 44.9 Å². The van der Waals surface area contributed by atoms with Gasteiger partial charge in [0, 0.05) is 6.42 Å². The van der Waals surface area contributed by atoms with Gasteiger partial charge in [-0.1, -0.05) is 346 Å². The van der Waals surface area contributed by atoms with Crippen LogP contribution in [0.4, 0.5) is 0 Å². The summed E-state index contributed by atoms with van der Waals surface area (Å²) in [5, 5.41) is 14.1. The Bertz CT molecular complexity index is 1350. The number of carbonyl (C=O) groups is 1. The predicted octanol–water partition coefficient (Wildman–Crippen LogP) is 22.7. The molecule has 0 bridgehead atoms. The van der Waals surface area contributed by atoms with E-state index in [1.165, 1.54) is 302 Å². The van der Waals surface area contributed by atoms with E-state index in [2.05, 4.69) is 43.5 Å². The molecule has 0 heterocycles. The van der Waals surface area contributed by atoms with Crippen molar-refractivity contribution in [1.29, 1.82) is 0 Å². The molecule has 0 rings (SSSR count). The number of hydrogen-bond acceptors (Lipinski definition) is 5. The topological polar surface area (TPSA) is 105 Å². The minimum atomic E-state index is -4.33. The number of unbranched alkanes of at least 4 members (excludes halogenated alkanes) is 50. The van der Waals surface area contributed by atoms with Crippen LogP contribution in [0.15, 0.2) is 24.3 Å². The summed E-state index contributed by atoms with van der Waals surface area (Å²) in [6.07, 6.45) is 81.5. The third-order valence-electron chi connectivity index (χ3n) is 16.7. The molecule has 3 atom stereocenters. The molecule has 9 heteroatoms. The molecule has 0 aliphatic rings. The first kappa shape index (κ1) is 79.0. The molecule has 0 saturated heterocycles. The number of aliphatic hydroxyl groups is 1. The fourth-order valence-corrected chi connectivity index (χ4v) is 11.9. The standard InChI is InChI=1S/C71H141N2O6P/c1-6-8-10-12-14-16-18-20-22-24-26-28-29-30-31-32-33-34-35-36-37-38-39-40-41-42-43-45-47-49-51-53-55-57-59-61-63-65-71(75)72-69(68-79-80(76,77)78-67-66-73(3,4)5)70(74)64-62-60-58-56-54-52-50-48-46-44-27-25-23-21-19-17-15-13-11-9-7-2/h18,20,24,26,69-70,74H,6-17,19,21-23,25,27-68H2,1-5H3,(H-,72,75,76,77)/p+1/b20-18-,26-24-. The van der Waals surface area contributed by atoms with E-state index >= 15 is 0 Å². The van der Waals surface area contributed by atoms with Gasteiger partial charge in [-0.2, -0.15) is 0 Å². The number of hydrogen-bond donors (Lipinski definition) is 3. The predicted molar refractivity (Wildman–Crippen MR) is 351 cm³/mol. The van der Waals surface area contributed by atoms with Crippen LogP contribution in [0, 0.1) is 0 Å². The summed E-state index contributed by atoms with van der Waals surface area (Å²) < 4.78 is 23.9. The zero-order chi connectivity index (χ0) is 58.4. The van der Waals surface area contributed by atoms with Gasteiger partial charge in [-0.25, -0.2) is 4.57 Å². The Morgan fingerprint density at radius 1 is 0.425 bits per heavy atom. The molecule has 80 heavy (non-hydrogen) atoms. The SMILES string of the molecule is CCCCCCC/C=C\C/C=C\CCCCCCCCCCCCCCCCCCCCCCCCCCCC(=O)NC(COP(=O)(O)OCC[N+](C)(C)C)C(O)CCCCCCCCCCCCCCCCCCCCCCC. The van der Waals surface area contributed by atoms with Gasteiger partial charge >= 0.3 is 7.82 Å². The zero-order valence-electron chi connectivity index (χ0n) is 54.6. The largest absolute Gasteiger partial charge is 0.472 e. The molecule has 0 aliphatic heterocycles. The highest BCUT2D eigenvalue weighted by Gasteiger charge is 2.28. The van der Waals surface area contributed by atoms with Crippen LogP contribution in [0.3, 0.4) is 0 Å². The molecule has 0 aromatic carbocycles. The van der Waals surface area contributed by atoms with Gasteiger partial charge < -0.3 is 19.8 Å². The van der Waals surface area contributed by atoms with Crippen LogP contribution in [-0.2, 0) is 18.4 Å². The van der Waals surface area contributed by atoms with Crippen LogP contribution in [0.1, 0.15) is 373 Å². The van der Waals surface area contributed by atoms with Gasteiger partial charge in [0.1, 0.15) is 13.2 Å². The summed E-state index contributed by atoms with van der Waals surface area (Å²) in [5.74, 6) is -0.135. The average molecular weight is 1150 g/mol. The van der Waals surface area contributed by atoms with Crippen molar-refractivity contribution in [2.24, 2.45) is 0 Å². The monoisotopic (exact) mass is 1150 g/mol. The summed E-state index contributed by atoms with van der Waals surface area (Å²) in [6.45, 7) is 4.94. The summed E-state index contributed by atoms with van der Waals surface area (Å²) in [7, 11) is 1.64. The minimum absolute atomic E-state index is 0.0780. The third-order valence-corrected chi connectivity index (χ3v) is 17.7. The smallest absolute Gasteiger partial charge is 0.391 e. The fraction of sp³-hybridized carbons (Fsp3) is 0.930. The van der Waals surface area contributed by atoms with Crippen molar-refractivity contribution in [3.63, 3.8) is 0 Å². The first-order chi connectivity index (χ1) is 39.0. The number of likely N-dealkylation sites (N-methyl/N-ethyl adjacent to an activating group) is 1. The Labute approximate surface area is 500 Å². The Morgan fingerprint density at radius 3 is 1.02 bits per heavy atom. The van der Waals surface area contributed by atoms with Gasteiger partial charge in [0.25, 0.3) is 0 Å². The second-order valence-electron chi connectivity index (χ2n) is 26.0. The third kappa shape index (κ3) is 64.5. The van der Waals surface area contributed by atoms with Gasteiger partial charge in [0.2, 0.25) is 5.91 Å². The Kier molecular flexibility index (Phi) is 61.7. The highest BCUT2D eigenvalue weighted by Crippen LogP contribution is 2.43. The zero-order valence-corrected chi connectivity index (χ0v) is 55.5. The molecule has 3 N–H and O–H groups in total. The lowest BCUT2D eigenvalue weighted by Crippen LogP contribution is -2.46. The molecule has 8 nitrogen and oxygen atoms in total. The van der Waals surface area contributed by atoms with Gasteiger partial charge in [0.05, 0.1) is 39.9 Å². The molecule has 476 valence electrons. The van der Waals surface area contributed by atoms with E-state index in [9.17, 15) is 19.4 Å². The lowest BCUT2D eigenvalue weighted by molar-refractivity contribution is -0.870. The van der Waals surface area contributed by atoms with E-state index in [0.29, 0.717) is 23.9 Å². The summed E-state index contributed by atoms with van der Waals surface area (Å²) in [4.78, 5) is 23.4. The molecular weight excluding hydrogens is 1010 g/mol. The van der Waals surface area contributed by atoms with Crippen LogP contribution >= 0.6 is 7.82 Å². The number of phosphoric acid groups is 1. The number of rotatable bonds is 67. The Balaban J connectivity index is 3.92. The highest BCUT2D eigenvalue weighted by atomic mass is 31.2. The highest BCUT2D eigenvalue weighted by molar-refractivity contribution is 7.47. The molecule has 3 unspecified atom stereocenters. The number of nitrogens with one attached hydrogen (secondary N) is 1. The van der Waals surface area contributed by atoms with Gasteiger partial charge in [-0.05, 0) is 44.9 Å². The van der Waals surface area contributed by atoms with Crippen molar-refractivity contribution < 1.29 is 32.9 Å². The average Bonchev–Trinajstić information content (AvgIpc) is 3.42. The van der Waals surface area contributed by atoms with Gasteiger partial charge in [0.15, 0.2) is 0 Å². The van der Waals surface area contributed by atoms with Crippen molar-refractivity contribution >= 4 is 13.7 Å². The van der Waals surface area contributed by atoms with Crippen molar-refractivity contribution in [2.75, 3.05) is 40.9 Å². The lowest BCUT2D eigenvalue weighted by atomic mass is 10.0. The second kappa shape index (κ2) is 62.5. The molecule has 0 fully saturated rings. The lowest BCUT2D eigenvalue weighted by Gasteiger charge is -2.26. The molecule has 0 aliphatic carbocycles. The second-order valence-corrected chi connectivity index (χ2v) is 27.4. The van der Waals surface area contributed by atoms with E-state index in [-0.39, 0.29) is 19.1 Å². The first-order valence-electron chi connectivity index (χ1n) is 35.7. The van der Waals surface area contributed by atoms with Crippen LogP contribution in [0.2, 0.25) is 0 Å². The van der Waals surface area contributed by atoms with Crippen molar-refractivity contribution in [2.45, 2.75) is 386 Å². The number of phosphoric ester groups is 1. The molecule has 1 amide bonds. The Morgan fingerprint density at radius 2 is 0.713 bits per heavy atom. The fourth-order valence-electron chi connectivity index (χ4n) is 11.1. The van der Waals surface area contributed by atoms with E-state index in [1.807, 2.05) is 21.1 Å². The molecule has 0 saturated carbocycles. The maximum Gasteiger partial charge on any atom is 0.472 e. The van der Waals surface area contributed by atoms with Crippen molar-refractivity contribution in [3.05, 3.63) is 24.3 Å². The summed E-state index contributed by atoms with van der Waals surface area (Å²) in [5.41, 5.74) is 0. The molecule has 0 aromatic rings. The van der Waals surface area contributed by atoms with Crippen molar-refractivity contribution in [3.8, 4) is 0 Å². The quantitative estimate of drug-likeness (QED) is 0.0243.